The summed E-state index contributed by atoms with van der Waals surface area (Å²) < 4.78 is 5.48. The molecule has 0 saturated carbocycles. The molecule has 0 bridgehead atoms. The molecule has 1 aliphatic rings. The van der Waals surface area contributed by atoms with Crippen LogP contribution in [0.2, 0.25) is 0 Å². The van der Waals surface area contributed by atoms with Gasteiger partial charge < -0.3 is 19.9 Å². The van der Waals surface area contributed by atoms with Gasteiger partial charge in [-0.15, -0.1) is 0 Å². The number of nitrogens with one attached hydrogen (secondary N) is 1. The fraction of sp³-hybridized carbons (Fsp3) is 0.333. The summed E-state index contributed by atoms with van der Waals surface area (Å²) in [5.41, 5.74) is 2.08. The van der Waals surface area contributed by atoms with Crippen LogP contribution in [-0.4, -0.2) is 50.6 Å². The third kappa shape index (κ3) is 4.78. The first-order chi connectivity index (χ1) is 13.2. The standard InChI is InChI=1S/C21H26N4O2/c1-22-21(24(2)15-17-9-4-3-5-10-17)23-13-8-14-25-18-11-6-7-12-19(18)27-16-20(25)26/h3-7,9-12H,8,13-16H2,1-2H3,(H,22,23). The van der Waals surface area contributed by atoms with Gasteiger partial charge in [0.1, 0.15) is 5.75 Å². The molecule has 2 aromatic carbocycles. The Bertz CT molecular complexity index is 792. The Morgan fingerprint density at radius 2 is 1.93 bits per heavy atom. The molecule has 0 atom stereocenters. The molecule has 1 amide bonds. The number of para-hydroxylation sites is 2. The van der Waals surface area contributed by atoms with E-state index >= 15 is 0 Å². The van der Waals surface area contributed by atoms with E-state index in [0.29, 0.717) is 6.54 Å². The van der Waals surface area contributed by atoms with Crippen molar-refractivity contribution in [3.63, 3.8) is 0 Å². The lowest BCUT2D eigenvalue weighted by Gasteiger charge is -2.29. The average molecular weight is 366 g/mol. The monoisotopic (exact) mass is 366 g/mol. The number of aliphatic imine (C=N–C) groups is 1. The van der Waals surface area contributed by atoms with Crippen LogP contribution in [0.25, 0.3) is 0 Å². The van der Waals surface area contributed by atoms with Crippen molar-refractivity contribution in [1.29, 1.82) is 0 Å². The third-order valence-corrected chi connectivity index (χ3v) is 4.49. The van der Waals surface area contributed by atoms with Crippen molar-refractivity contribution in [2.24, 2.45) is 4.99 Å². The molecular formula is C21H26N4O2. The number of ether oxygens (including phenoxy) is 1. The molecule has 0 aliphatic carbocycles. The second kappa shape index (κ2) is 9.07. The molecule has 1 N–H and O–H groups in total. The maximum Gasteiger partial charge on any atom is 0.265 e. The molecule has 3 rings (SSSR count). The van der Waals surface area contributed by atoms with Crippen LogP contribution in [0.3, 0.4) is 0 Å². The zero-order valence-corrected chi connectivity index (χ0v) is 15.9. The molecular weight excluding hydrogens is 340 g/mol. The van der Waals surface area contributed by atoms with E-state index in [-0.39, 0.29) is 12.5 Å². The fourth-order valence-corrected chi connectivity index (χ4v) is 3.15. The highest BCUT2D eigenvalue weighted by atomic mass is 16.5. The zero-order valence-electron chi connectivity index (χ0n) is 15.9. The number of benzene rings is 2. The van der Waals surface area contributed by atoms with Crippen molar-refractivity contribution in [1.82, 2.24) is 10.2 Å². The van der Waals surface area contributed by atoms with Gasteiger partial charge in [0.15, 0.2) is 12.6 Å². The number of amides is 1. The van der Waals surface area contributed by atoms with Crippen LogP contribution in [0, 0.1) is 0 Å². The van der Waals surface area contributed by atoms with E-state index in [1.807, 2.05) is 49.5 Å². The fourth-order valence-electron chi connectivity index (χ4n) is 3.15. The van der Waals surface area contributed by atoms with E-state index < -0.39 is 0 Å². The van der Waals surface area contributed by atoms with Crippen LogP contribution in [0.5, 0.6) is 5.75 Å². The number of carbonyl (C=O) groups is 1. The van der Waals surface area contributed by atoms with Crippen LogP contribution in [0.4, 0.5) is 5.69 Å². The lowest BCUT2D eigenvalue weighted by atomic mass is 10.2. The SMILES string of the molecule is CN=C(NCCCN1C(=O)COc2ccccc21)N(C)Cc1ccccc1. The smallest absolute Gasteiger partial charge is 0.265 e. The first kappa shape index (κ1) is 18.8. The van der Waals surface area contributed by atoms with Crippen LogP contribution < -0.4 is 15.0 Å². The van der Waals surface area contributed by atoms with Gasteiger partial charge in [-0.2, -0.15) is 0 Å². The summed E-state index contributed by atoms with van der Waals surface area (Å²) in [6.45, 7) is 2.27. The highest BCUT2D eigenvalue weighted by Gasteiger charge is 2.24. The molecule has 1 heterocycles. The maximum atomic E-state index is 12.2. The van der Waals surface area contributed by atoms with Crippen molar-refractivity contribution in [3.05, 3.63) is 60.2 Å². The van der Waals surface area contributed by atoms with Gasteiger partial charge in [0, 0.05) is 33.7 Å². The molecule has 27 heavy (non-hydrogen) atoms. The summed E-state index contributed by atoms with van der Waals surface area (Å²) >= 11 is 0. The Morgan fingerprint density at radius 1 is 1.19 bits per heavy atom. The van der Waals surface area contributed by atoms with Gasteiger partial charge in [-0.25, -0.2) is 0 Å². The Labute approximate surface area is 160 Å². The van der Waals surface area contributed by atoms with E-state index in [9.17, 15) is 4.79 Å². The molecule has 0 fully saturated rings. The van der Waals surface area contributed by atoms with Gasteiger partial charge in [-0.1, -0.05) is 42.5 Å². The number of rotatable bonds is 6. The van der Waals surface area contributed by atoms with Crippen LogP contribution in [0.15, 0.2) is 59.6 Å². The number of guanidine groups is 1. The minimum Gasteiger partial charge on any atom is -0.482 e. The van der Waals surface area contributed by atoms with E-state index in [1.54, 1.807) is 11.9 Å². The third-order valence-electron chi connectivity index (χ3n) is 4.49. The number of hydrogen-bond acceptors (Lipinski definition) is 3. The predicted molar refractivity (Wildman–Crippen MR) is 108 cm³/mol. The molecule has 6 nitrogen and oxygen atoms in total. The topological polar surface area (TPSA) is 57.2 Å². The second-order valence-electron chi connectivity index (χ2n) is 6.47. The minimum atomic E-state index is -0.000669. The highest BCUT2D eigenvalue weighted by molar-refractivity contribution is 5.97. The minimum absolute atomic E-state index is 0.000669. The largest absolute Gasteiger partial charge is 0.482 e. The average Bonchev–Trinajstić information content (AvgIpc) is 2.70. The lowest BCUT2D eigenvalue weighted by Crippen LogP contribution is -2.42. The summed E-state index contributed by atoms with van der Waals surface area (Å²) in [6, 6.07) is 18.0. The number of anilines is 1. The van der Waals surface area contributed by atoms with Crippen molar-refractivity contribution in [2.45, 2.75) is 13.0 Å². The van der Waals surface area contributed by atoms with Gasteiger partial charge in [-0.05, 0) is 24.1 Å². The number of hydrogen-bond donors (Lipinski definition) is 1. The molecule has 0 unspecified atom stereocenters. The van der Waals surface area contributed by atoms with Crippen molar-refractivity contribution in [2.75, 3.05) is 38.7 Å². The summed E-state index contributed by atoms with van der Waals surface area (Å²) in [5.74, 6) is 1.61. The van der Waals surface area contributed by atoms with Crippen LogP contribution in [-0.2, 0) is 11.3 Å². The quantitative estimate of drug-likeness (QED) is 0.485. The van der Waals surface area contributed by atoms with E-state index in [0.717, 1.165) is 36.9 Å². The molecule has 142 valence electrons. The van der Waals surface area contributed by atoms with Gasteiger partial charge in [0.25, 0.3) is 5.91 Å². The molecule has 0 radical (unpaired) electrons. The van der Waals surface area contributed by atoms with Crippen molar-refractivity contribution >= 4 is 17.6 Å². The maximum absolute atomic E-state index is 12.2. The molecule has 6 heteroatoms. The normalized spacial score (nSPS) is 13.8. The molecule has 0 spiro atoms. The van der Waals surface area contributed by atoms with Crippen molar-refractivity contribution < 1.29 is 9.53 Å². The Morgan fingerprint density at radius 3 is 2.70 bits per heavy atom. The summed E-state index contributed by atoms with van der Waals surface area (Å²) in [6.07, 6.45) is 0.818. The van der Waals surface area contributed by atoms with E-state index in [4.69, 9.17) is 4.74 Å². The summed E-state index contributed by atoms with van der Waals surface area (Å²) in [7, 11) is 3.80. The number of fused-ring (bicyclic) bond motifs is 1. The Kier molecular flexibility index (Phi) is 6.30. The van der Waals surface area contributed by atoms with E-state index in [2.05, 4.69) is 27.3 Å². The van der Waals surface area contributed by atoms with Crippen LogP contribution in [0.1, 0.15) is 12.0 Å². The molecule has 0 saturated heterocycles. The first-order valence-electron chi connectivity index (χ1n) is 9.17. The first-order valence-corrected chi connectivity index (χ1v) is 9.17. The second-order valence-corrected chi connectivity index (χ2v) is 6.47. The lowest BCUT2D eigenvalue weighted by molar-refractivity contribution is -0.121. The highest BCUT2D eigenvalue weighted by Crippen LogP contribution is 2.31. The summed E-state index contributed by atoms with van der Waals surface area (Å²) in [5, 5.41) is 3.37. The molecule has 1 aliphatic heterocycles. The molecule has 2 aromatic rings. The van der Waals surface area contributed by atoms with Gasteiger partial charge in [-0.3, -0.25) is 9.79 Å². The number of nitrogens with zero attached hydrogens (tertiary/aromatic N) is 3. The van der Waals surface area contributed by atoms with Gasteiger partial charge in [0.2, 0.25) is 0 Å². The molecule has 0 aromatic heterocycles. The van der Waals surface area contributed by atoms with Gasteiger partial charge in [0.05, 0.1) is 5.69 Å². The summed E-state index contributed by atoms with van der Waals surface area (Å²) in [4.78, 5) is 20.4. The predicted octanol–water partition coefficient (Wildman–Crippen LogP) is 2.51. The van der Waals surface area contributed by atoms with Crippen LogP contribution >= 0.6 is 0 Å². The van der Waals surface area contributed by atoms with E-state index in [1.165, 1.54) is 5.56 Å². The van der Waals surface area contributed by atoms with Crippen molar-refractivity contribution in [3.8, 4) is 5.75 Å². The van der Waals surface area contributed by atoms with Gasteiger partial charge >= 0.3 is 0 Å². The zero-order chi connectivity index (χ0) is 19.1. The Balaban J connectivity index is 1.50. The number of carbonyl (C=O) groups excluding carboxylic acids is 1. The Hall–Kier alpha value is -3.02.